The molecule has 1 rings (SSSR count). The molecule has 0 aliphatic heterocycles. The minimum Gasteiger partial charge on any atom is -0.103 e. The van der Waals surface area contributed by atoms with Gasteiger partial charge in [-0.25, -0.2) is 0 Å². The third kappa shape index (κ3) is 3.21. The maximum atomic E-state index is 3.89. The first-order valence-electron chi connectivity index (χ1n) is 5.17. The van der Waals surface area contributed by atoms with E-state index in [0.717, 1.165) is 6.42 Å². The number of rotatable bonds is 6. The van der Waals surface area contributed by atoms with E-state index in [4.69, 9.17) is 0 Å². The number of allylic oxidation sites excluding steroid dienone is 2. The van der Waals surface area contributed by atoms with E-state index in [0.29, 0.717) is 5.92 Å². The molecule has 0 amide bonds. The van der Waals surface area contributed by atoms with Gasteiger partial charge in [0, 0.05) is 5.92 Å². The molecule has 1 aromatic carbocycles. The summed E-state index contributed by atoms with van der Waals surface area (Å²) in [6.45, 7) is 7.62. The molecule has 0 radical (unpaired) electrons. The lowest BCUT2D eigenvalue weighted by molar-refractivity contribution is 0.686. The van der Waals surface area contributed by atoms with Crippen LogP contribution in [0.25, 0.3) is 0 Å². The fourth-order valence-corrected chi connectivity index (χ4v) is 1.60. The summed E-state index contributed by atoms with van der Waals surface area (Å²) in [5, 5.41) is 0. The Morgan fingerprint density at radius 3 is 2.43 bits per heavy atom. The van der Waals surface area contributed by atoms with Crippen molar-refractivity contribution < 1.29 is 0 Å². The molecule has 0 N–H and O–H groups in total. The zero-order chi connectivity index (χ0) is 10.2. The van der Waals surface area contributed by atoms with Crippen molar-refractivity contribution in [1.29, 1.82) is 0 Å². The van der Waals surface area contributed by atoms with Crippen LogP contribution in [0.2, 0.25) is 0 Å². The quantitative estimate of drug-likeness (QED) is 0.458. The molecule has 0 saturated carbocycles. The molecule has 0 bridgehead atoms. The van der Waals surface area contributed by atoms with Crippen LogP contribution in [0.1, 0.15) is 30.7 Å². The first kappa shape index (κ1) is 10.8. The maximum Gasteiger partial charge on any atom is 0.00154 e. The molecular weight excluding hydrogens is 168 g/mol. The van der Waals surface area contributed by atoms with Crippen molar-refractivity contribution in [1.82, 2.24) is 0 Å². The normalized spacial score (nSPS) is 12.0. The van der Waals surface area contributed by atoms with Gasteiger partial charge in [0.1, 0.15) is 0 Å². The predicted octanol–water partition coefficient (Wildman–Crippen LogP) is 4.31. The lowest BCUT2D eigenvalue weighted by Gasteiger charge is -2.11. The largest absolute Gasteiger partial charge is 0.103 e. The molecule has 0 heterocycles. The maximum absolute atomic E-state index is 3.89. The Morgan fingerprint density at radius 2 is 1.86 bits per heavy atom. The summed E-state index contributed by atoms with van der Waals surface area (Å²) in [6, 6.07) is 10.5. The minimum absolute atomic E-state index is 0.496. The van der Waals surface area contributed by atoms with Gasteiger partial charge >= 0.3 is 0 Å². The van der Waals surface area contributed by atoms with E-state index in [1.165, 1.54) is 18.4 Å². The van der Waals surface area contributed by atoms with Crippen molar-refractivity contribution in [3.05, 3.63) is 61.2 Å². The van der Waals surface area contributed by atoms with Crippen LogP contribution in [0.4, 0.5) is 0 Å². The SMILES string of the molecule is C=CCCC[C@H](C=C)c1ccccc1. The van der Waals surface area contributed by atoms with Crippen molar-refractivity contribution in [2.45, 2.75) is 25.2 Å². The van der Waals surface area contributed by atoms with Gasteiger partial charge in [0.15, 0.2) is 0 Å². The van der Waals surface area contributed by atoms with Crippen molar-refractivity contribution in [3.63, 3.8) is 0 Å². The lowest BCUT2D eigenvalue weighted by atomic mass is 9.94. The molecule has 0 heteroatoms. The summed E-state index contributed by atoms with van der Waals surface area (Å²) < 4.78 is 0. The Balaban J connectivity index is 2.54. The highest BCUT2D eigenvalue weighted by Gasteiger charge is 2.05. The molecule has 74 valence electrons. The highest BCUT2D eigenvalue weighted by Crippen LogP contribution is 2.22. The van der Waals surface area contributed by atoms with Crippen LogP contribution in [-0.4, -0.2) is 0 Å². The van der Waals surface area contributed by atoms with E-state index in [1.807, 2.05) is 18.2 Å². The smallest absolute Gasteiger partial charge is 0.00154 e. The molecule has 0 saturated heterocycles. The first-order chi connectivity index (χ1) is 6.88. The Hall–Kier alpha value is -1.30. The highest BCUT2D eigenvalue weighted by atomic mass is 14.1. The van der Waals surface area contributed by atoms with Crippen LogP contribution < -0.4 is 0 Å². The lowest BCUT2D eigenvalue weighted by Crippen LogP contribution is -1.94. The monoisotopic (exact) mass is 186 g/mol. The van der Waals surface area contributed by atoms with Gasteiger partial charge in [-0.15, -0.1) is 13.2 Å². The van der Waals surface area contributed by atoms with E-state index < -0.39 is 0 Å². The van der Waals surface area contributed by atoms with Gasteiger partial charge in [0.25, 0.3) is 0 Å². The number of hydrogen-bond acceptors (Lipinski definition) is 0. The summed E-state index contributed by atoms with van der Waals surface area (Å²) in [5.41, 5.74) is 1.37. The van der Waals surface area contributed by atoms with E-state index in [2.05, 4.69) is 37.4 Å². The van der Waals surface area contributed by atoms with Crippen LogP contribution >= 0.6 is 0 Å². The summed E-state index contributed by atoms with van der Waals surface area (Å²) in [5.74, 6) is 0.496. The molecule has 0 spiro atoms. The second-order valence-corrected chi connectivity index (χ2v) is 3.47. The van der Waals surface area contributed by atoms with Crippen molar-refractivity contribution in [2.75, 3.05) is 0 Å². The van der Waals surface area contributed by atoms with Gasteiger partial charge in [-0.05, 0) is 24.8 Å². The van der Waals surface area contributed by atoms with Gasteiger partial charge in [-0.3, -0.25) is 0 Å². The van der Waals surface area contributed by atoms with Crippen molar-refractivity contribution in [2.24, 2.45) is 0 Å². The molecule has 1 atom stereocenters. The zero-order valence-electron chi connectivity index (χ0n) is 8.65. The summed E-state index contributed by atoms with van der Waals surface area (Å²) >= 11 is 0. The van der Waals surface area contributed by atoms with Crippen LogP contribution in [0.5, 0.6) is 0 Å². The van der Waals surface area contributed by atoms with Crippen LogP contribution in [-0.2, 0) is 0 Å². The highest BCUT2D eigenvalue weighted by molar-refractivity contribution is 5.22. The summed E-state index contributed by atoms with van der Waals surface area (Å²) in [4.78, 5) is 0. The Bertz CT molecular complexity index is 271. The summed E-state index contributed by atoms with van der Waals surface area (Å²) in [6.07, 6.45) is 7.47. The average molecular weight is 186 g/mol. The molecule has 0 aliphatic carbocycles. The van der Waals surface area contributed by atoms with E-state index >= 15 is 0 Å². The fraction of sp³-hybridized carbons (Fsp3) is 0.286. The third-order valence-electron chi connectivity index (χ3n) is 2.44. The fourth-order valence-electron chi connectivity index (χ4n) is 1.60. The van der Waals surface area contributed by atoms with E-state index in [-0.39, 0.29) is 0 Å². The van der Waals surface area contributed by atoms with Gasteiger partial charge in [-0.1, -0.05) is 42.5 Å². The minimum atomic E-state index is 0.496. The van der Waals surface area contributed by atoms with E-state index in [1.54, 1.807) is 0 Å². The molecule has 1 aromatic rings. The van der Waals surface area contributed by atoms with Crippen LogP contribution in [0.3, 0.4) is 0 Å². The Morgan fingerprint density at radius 1 is 1.14 bits per heavy atom. The van der Waals surface area contributed by atoms with Gasteiger partial charge in [-0.2, -0.15) is 0 Å². The van der Waals surface area contributed by atoms with Gasteiger partial charge < -0.3 is 0 Å². The van der Waals surface area contributed by atoms with Gasteiger partial charge in [0.05, 0.1) is 0 Å². The molecule has 0 aromatic heterocycles. The molecule has 0 unspecified atom stereocenters. The molecule has 0 fully saturated rings. The van der Waals surface area contributed by atoms with Crippen molar-refractivity contribution >= 4 is 0 Å². The van der Waals surface area contributed by atoms with E-state index in [9.17, 15) is 0 Å². The molecule has 0 nitrogen and oxygen atoms in total. The second-order valence-electron chi connectivity index (χ2n) is 3.47. The van der Waals surface area contributed by atoms with Crippen molar-refractivity contribution in [3.8, 4) is 0 Å². The van der Waals surface area contributed by atoms with Crippen LogP contribution in [0.15, 0.2) is 55.6 Å². The molecular formula is C14H18. The average Bonchev–Trinajstić information content (AvgIpc) is 2.26. The molecule has 14 heavy (non-hydrogen) atoms. The number of benzene rings is 1. The predicted molar refractivity (Wildman–Crippen MR) is 63.4 cm³/mol. The first-order valence-corrected chi connectivity index (χ1v) is 5.17. The standard InChI is InChI=1S/C14H18/c1-3-5-7-10-13(4-2)14-11-8-6-9-12-14/h3-4,6,8-9,11-13H,1-2,5,7,10H2/t13-/m0/s1. The zero-order valence-corrected chi connectivity index (χ0v) is 8.65. The topological polar surface area (TPSA) is 0 Å². The molecule has 0 aliphatic rings. The second kappa shape index (κ2) is 6.20. The summed E-state index contributed by atoms with van der Waals surface area (Å²) in [7, 11) is 0. The number of unbranched alkanes of at least 4 members (excludes halogenated alkanes) is 1. The Kier molecular flexibility index (Phi) is 4.77. The third-order valence-corrected chi connectivity index (χ3v) is 2.44. The van der Waals surface area contributed by atoms with Gasteiger partial charge in [0.2, 0.25) is 0 Å². The Labute approximate surface area is 87.0 Å². The van der Waals surface area contributed by atoms with Crippen LogP contribution in [0, 0.1) is 0 Å². The number of hydrogen-bond donors (Lipinski definition) is 0.